The van der Waals surface area contributed by atoms with E-state index in [4.69, 9.17) is 11.6 Å². The molecule has 0 amide bonds. The summed E-state index contributed by atoms with van der Waals surface area (Å²) < 4.78 is 0. The maximum absolute atomic E-state index is 11.1. The molecule has 1 N–H and O–H groups in total. The second-order valence-corrected chi connectivity index (χ2v) is 6.43. The Balaban J connectivity index is 0.000000435. The molecule has 1 aliphatic carbocycles. The third kappa shape index (κ3) is 8.19. The van der Waals surface area contributed by atoms with Crippen LogP contribution in [0.25, 0.3) is 0 Å². The smallest absolute Gasteiger partial charge is 0.154 e. The Labute approximate surface area is 156 Å². The topological polar surface area (TPSA) is 40.5 Å². The number of carbonyl (C=O) groups excluding carboxylic acids is 1. The molecule has 25 heavy (non-hydrogen) atoms. The van der Waals surface area contributed by atoms with E-state index in [1.807, 2.05) is 48.6 Å². The highest BCUT2D eigenvalue weighted by Crippen LogP contribution is 2.26. The lowest BCUT2D eigenvalue weighted by Crippen LogP contribution is -2.21. The molecule has 0 radical (unpaired) electrons. The van der Waals surface area contributed by atoms with Gasteiger partial charge in [0.25, 0.3) is 0 Å². The van der Waals surface area contributed by atoms with Crippen molar-refractivity contribution in [3.63, 3.8) is 0 Å². The van der Waals surface area contributed by atoms with Crippen LogP contribution in [0, 0.1) is 0 Å². The largest absolute Gasteiger partial charge is 0.506 e. The molecule has 0 saturated carbocycles. The fourth-order valence-corrected chi connectivity index (χ4v) is 2.57. The van der Waals surface area contributed by atoms with E-state index in [-0.39, 0.29) is 5.76 Å². The Kier molecular flexibility index (Phi) is 10.6. The average molecular weight is 362 g/mol. The quantitative estimate of drug-likeness (QED) is 0.673. The maximum Gasteiger partial charge on any atom is 0.154 e. The number of aldehydes is 1. The van der Waals surface area contributed by atoms with Gasteiger partial charge in [0.05, 0.1) is 10.6 Å². The first-order chi connectivity index (χ1) is 12.1. The monoisotopic (exact) mass is 361 g/mol. The van der Waals surface area contributed by atoms with Crippen LogP contribution >= 0.6 is 11.6 Å². The number of halogens is 1. The molecule has 0 fully saturated rings. The Bertz CT molecular complexity index is 579. The first kappa shape index (κ1) is 21.2. The number of carbonyl (C=O) groups is 1. The number of hydrogen-bond donors (Lipinski definition) is 1. The van der Waals surface area contributed by atoms with Gasteiger partial charge in [-0.2, -0.15) is 0 Å². The van der Waals surface area contributed by atoms with Crippen LogP contribution in [0.15, 0.2) is 70.5 Å². The third-order valence-electron chi connectivity index (χ3n) is 3.91. The molecule has 0 saturated heterocycles. The summed E-state index contributed by atoms with van der Waals surface area (Å²) in [7, 11) is 2.07. The van der Waals surface area contributed by atoms with Gasteiger partial charge in [0.2, 0.25) is 0 Å². The van der Waals surface area contributed by atoms with Gasteiger partial charge in [-0.15, -0.1) is 0 Å². The molecule has 3 nitrogen and oxygen atoms in total. The number of hydrogen-bond acceptors (Lipinski definition) is 3. The summed E-state index contributed by atoms with van der Waals surface area (Å²) in [6.07, 6.45) is 8.02. The van der Waals surface area contributed by atoms with Gasteiger partial charge in [-0.05, 0) is 32.0 Å². The number of aliphatic hydroxyl groups is 1. The minimum atomic E-state index is -0.0760. The van der Waals surface area contributed by atoms with E-state index in [0.717, 1.165) is 25.1 Å². The van der Waals surface area contributed by atoms with Crippen LogP contribution in [0.4, 0.5) is 0 Å². The van der Waals surface area contributed by atoms with Crippen molar-refractivity contribution < 1.29 is 9.90 Å². The molecule has 0 aliphatic heterocycles. The molecule has 0 bridgehead atoms. The standard InChI is InChI=1S/C15H22ClNO2.C6H6/c1-3-4-9-17(2)10-8-12-6-5-7-14(16)15(19)13(12)11-18;1-2-4-6-5-3-1/h5-6,11,19H,3-4,7-10H2,1-2H3;1-6H. The molecule has 0 unspecified atom stereocenters. The summed E-state index contributed by atoms with van der Waals surface area (Å²) in [6.45, 7) is 4.08. The summed E-state index contributed by atoms with van der Waals surface area (Å²) >= 11 is 5.92. The average Bonchev–Trinajstić information content (AvgIpc) is 2.78. The van der Waals surface area contributed by atoms with E-state index in [1.54, 1.807) is 0 Å². The van der Waals surface area contributed by atoms with E-state index in [1.165, 1.54) is 12.8 Å². The van der Waals surface area contributed by atoms with Crippen molar-refractivity contribution in [3.05, 3.63) is 70.5 Å². The summed E-state index contributed by atoms with van der Waals surface area (Å²) in [6, 6.07) is 12.0. The van der Waals surface area contributed by atoms with E-state index in [9.17, 15) is 9.90 Å². The van der Waals surface area contributed by atoms with Crippen LogP contribution in [-0.4, -0.2) is 36.4 Å². The fourth-order valence-electron chi connectivity index (χ4n) is 2.37. The Morgan fingerprint density at radius 2 is 1.76 bits per heavy atom. The van der Waals surface area contributed by atoms with Crippen molar-refractivity contribution in [2.75, 3.05) is 20.1 Å². The number of aliphatic hydroxyl groups excluding tert-OH is 1. The van der Waals surface area contributed by atoms with Gasteiger partial charge in [0.1, 0.15) is 5.76 Å². The zero-order chi connectivity index (χ0) is 18.5. The van der Waals surface area contributed by atoms with E-state index in [2.05, 4.69) is 18.9 Å². The minimum Gasteiger partial charge on any atom is -0.506 e. The lowest BCUT2D eigenvalue weighted by atomic mass is 10.0. The second kappa shape index (κ2) is 12.5. The highest BCUT2D eigenvalue weighted by molar-refractivity contribution is 6.30. The Hall–Kier alpha value is -1.84. The zero-order valence-electron chi connectivity index (χ0n) is 15.1. The minimum absolute atomic E-state index is 0.0760. The molecular weight excluding hydrogens is 334 g/mol. The highest BCUT2D eigenvalue weighted by atomic mass is 35.5. The van der Waals surface area contributed by atoms with Gasteiger partial charge in [-0.1, -0.05) is 73.5 Å². The fraction of sp³-hybridized carbons (Fsp3) is 0.381. The molecule has 4 heteroatoms. The summed E-state index contributed by atoms with van der Waals surface area (Å²) in [5.74, 6) is -0.0760. The van der Waals surface area contributed by atoms with Crippen LogP contribution in [-0.2, 0) is 4.79 Å². The molecule has 1 aromatic carbocycles. The molecule has 0 atom stereocenters. The van der Waals surface area contributed by atoms with Crippen molar-refractivity contribution in [1.82, 2.24) is 4.90 Å². The Morgan fingerprint density at radius 1 is 1.16 bits per heavy atom. The van der Waals surface area contributed by atoms with E-state index < -0.39 is 0 Å². The van der Waals surface area contributed by atoms with Crippen molar-refractivity contribution >= 4 is 17.9 Å². The van der Waals surface area contributed by atoms with Crippen molar-refractivity contribution in [2.24, 2.45) is 0 Å². The third-order valence-corrected chi connectivity index (χ3v) is 4.25. The van der Waals surface area contributed by atoms with Crippen LogP contribution in [0.1, 0.15) is 32.6 Å². The van der Waals surface area contributed by atoms with Crippen LogP contribution in [0.3, 0.4) is 0 Å². The first-order valence-corrected chi connectivity index (χ1v) is 9.09. The Morgan fingerprint density at radius 3 is 2.28 bits per heavy atom. The number of allylic oxidation sites excluding steroid dienone is 4. The van der Waals surface area contributed by atoms with Crippen LogP contribution in [0.2, 0.25) is 0 Å². The van der Waals surface area contributed by atoms with Crippen molar-refractivity contribution in [3.8, 4) is 0 Å². The molecule has 136 valence electrons. The molecule has 0 spiro atoms. The summed E-state index contributed by atoms with van der Waals surface area (Å²) in [5.41, 5.74) is 1.18. The van der Waals surface area contributed by atoms with Crippen LogP contribution in [0.5, 0.6) is 0 Å². The van der Waals surface area contributed by atoms with Gasteiger partial charge < -0.3 is 10.0 Å². The van der Waals surface area contributed by atoms with E-state index >= 15 is 0 Å². The van der Waals surface area contributed by atoms with Gasteiger partial charge >= 0.3 is 0 Å². The number of unbranched alkanes of at least 4 members (excludes halogenated alkanes) is 1. The van der Waals surface area contributed by atoms with Gasteiger partial charge in [0.15, 0.2) is 6.29 Å². The van der Waals surface area contributed by atoms with E-state index in [0.29, 0.717) is 23.3 Å². The second-order valence-electron chi connectivity index (χ2n) is 5.98. The van der Waals surface area contributed by atoms with Crippen molar-refractivity contribution in [2.45, 2.75) is 32.6 Å². The SMILES string of the molecule is CCCCN(C)CCC1=C(C=O)C(O)=C(Cl)CC=C1.c1ccccc1. The van der Waals surface area contributed by atoms with Gasteiger partial charge in [-0.25, -0.2) is 0 Å². The molecule has 1 aliphatic rings. The lowest BCUT2D eigenvalue weighted by molar-refractivity contribution is -0.104. The zero-order valence-corrected chi connectivity index (χ0v) is 15.9. The van der Waals surface area contributed by atoms with Crippen molar-refractivity contribution in [1.29, 1.82) is 0 Å². The maximum atomic E-state index is 11.1. The summed E-state index contributed by atoms with van der Waals surface area (Å²) in [4.78, 5) is 13.4. The number of rotatable bonds is 7. The summed E-state index contributed by atoms with van der Waals surface area (Å²) in [5, 5.41) is 10.2. The van der Waals surface area contributed by atoms with Gasteiger partial charge in [0, 0.05) is 13.0 Å². The number of benzene rings is 1. The number of nitrogens with zero attached hydrogens (tertiary/aromatic N) is 1. The lowest BCUT2D eigenvalue weighted by Gasteiger charge is -2.16. The highest BCUT2D eigenvalue weighted by Gasteiger charge is 2.15. The normalized spacial score (nSPS) is 14.2. The van der Waals surface area contributed by atoms with Crippen LogP contribution < -0.4 is 0 Å². The molecular formula is C21H28ClNO2. The molecule has 1 aromatic rings. The molecule has 0 aromatic heterocycles. The molecule has 2 rings (SSSR count). The predicted molar refractivity (Wildman–Crippen MR) is 106 cm³/mol. The molecule has 0 heterocycles. The predicted octanol–water partition coefficient (Wildman–Crippen LogP) is 5.26. The first-order valence-electron chi connectivity index (χ1n) is 8.71. The van der Waals surface area contributed by atoms with Gasteiger partial charge in [-0.3, -0.25) is 4.79 Å².